The normalized spacial score (nSPS) is 11.7. The summed E-state index contributed by atoms with van der Waals surface area (Å²) < 4.78 is 5.73. The minimum atomic E-state index is -0.203. The lowest BCUT2D eigenvalue weighted by atomic mass is 10.1. The van der Waals surface area contributed by atoms with Crippen LogP contribution in [0.3, 0.4) is 0 Å². The van der Waals surface area contributed by atoms with Gasteiger partial charge in [0, 0.05) is 16.8 Å². The van der Waals surface area contributed by atoms with Crippen molar-refractivity contribution in [3.8, 4) is 22.8 Å². The number of fused-ring (bicyclic) bond motifs is 1. The van der Waals surface area contributed by atoms with Crippen LogP contribution < -0.4 is 5.32 Å². The van der Waals surface area contributed by atoms with Gasteiger partial charge in [-0.05, 0) is 61.4 Å². The van der Waals surface area contributed by atoms with Gasteiger partial charge in [0.05, 0.1) is 22.5 Å². The highest BCUT2D eigenvalue weighted by Gasteiger charge is 2.13. The third-order valence-corrected chi connectivity index (χ3v) is 6.33. The molecule has 0 unspecified atom stereocenters. The fraction of sp³-hybridized carbons (Fsp3) is 0.115. The summed E-state index contributed by atoms with van der Waals surface area (Å²) in [5, 5.41) is 23.3. The number of nitrogens with zero attached hydrogens (tertiary/aromatic N) is 4. The molecule has 0 atom stereocenters. The standard InChI is InChI=1S/C26H22N6O3S/c1-15-3-12-21-22(13-15)29-24(28-21)18-4-6-19(7-5-18)25-30-31-26(35-25)36-14-23(33)27-20-10-8-17(9-11-20)16(2)32-34/h3-13,34H,14H2,1-2H3,(H,27,33)(H,28,29)/b32-16-. The predicted molar refractivity (Wildman–Crippen MR) is 139 cm³/mol. The van der Waals surface area contributed by atoms with Gasteiger partial charge in [0.25, 0.3) is 5.22 Å². The van der Waals surface area contributed by atoms with Crippen LogP contribution in [0.2, 0.25) is 0 Å². The number of carbonyl (C=O) groups excluding carboxylic acids is 1. The minimum Gasteiger partial charge on any atom is -0.411 e. The lowest BCUT2D eigenvalue weighted by Crippen LogP contribution is -2.14. The molecule has 3 aromatic carbocycles. The topological polar surface area (TPSA) is 129 Å². The van der Waals surface area contributed by atoms with E-state index in [0.29, 0.717) is 22.5 Å². The van der Waals surface area contributed by atoms with Crippen molar-refractivity contribution in [3.63, 3.8) is 0 Å². The van der Waals surface area contributed by atoms with Crippen LogP contribution in [-0.4, -0.2) is 42.7 Å². The number of hydrogen-bond donors (Lipinski definition) is 3. The highest BCUT2D eigenvalue weighted by molar-refractivity contribution is 7.99. The molecule has 0 saturated carbocycles. The average molecular weight is 499 g/mol. The zero-order valence-corrected chi connectivity index (χ0v) is 20.3. The van der Waals surface area contributed by atoms with E-state index in [0.717, 1.165) is 45.3 Å². The Labute approximate surface area is 210 Å². The van der Waals surface area contributed by atoms with Gasteiger partial charge >= 0.3 is 0 Å². The maximum Gasteiger partial charge on any atom is 0.277 e. The van der Waals surface area contributed by atoms with Crippen molar-refractivity contribution in [2.24, 2.45) is 5.16 Å². The third kappa shape index (κ3) is 5.13. The van der Waals surface area contributed by atoms with E-state index >= 15 is 0 Å². The summed E-state index contributed by atoms with van der Waals surface area (Å²) in [6.07, 6.45) is 0. The number of rotatable bonds is 7. The van der Waals surface area contributed by atoms with Crippen LogP contribution >= 0.6 is 11.8 Å². The molecule has 3 N–H and O–H groups in total. The third-order valence-electron chi connectivity index (χ3n) is 5.51. The second-order valence-electron chi connectivity index (χ2n) is 8.16. The van der Waals surface area contributed by atoms with Gasteiger partial charge in [-0.15, -0.1) is 10.2 Å². The SMILES string of the molecule is C/C(=N/O)c1ccc(NC(=O)CSc2nnc(-c3ccc(-c4nc5ccc(C)cc5[nH]4)cc3)o2)cc1. The van der Waals surface area contributed by atoms with Gasteiger partial charge in [-0.2, -0.15) is 0 Å². The molecule has 9 nitrogen and oxygen atoms in total. The average Bonchev–Trinajstić information content (AvgIpc) is 3.54. The van der Waals surface area contributed by atoms with Crippen LogP contribution in [0, 0.1) is 6.92 Å². The molecule has 0 radical (unpaired) electrons. The highest BCUT2D eigenvalue weighted by atomic mass is 32.2. The van der Waals surface area contributed by atoms with Crippen LogP contribution in [0.1, 0.15) is 18.1 Å². The second kappa shape index (κ2) is 10.0. The summed E-state index contributed by atoms with van der Waals surface area (Å²) in [4.78, 5) is 20.3. The molecule has 0 fully saturated rings. The molecule has 10 heteroatoms. The number of anilines is 1. The molecule has 0 saturated heterocycles. The lowest BCUT2D eigenvalue weighted by molar-refractivity contribution is -0.113. The van der Waals surface area contributed by atoms with E-state index < -0.39 is 0 Å². The van der Waals surface area contributed by atoms with E-state index in [2.05, 4.69) is 36.7 Å². The molecule has 0 aliphatic heterocycles. The first kappa shape index (κ1) is 23.3. The fourth-order valence-electron chi connectivity index (χ4n) is 3.59. The Morgan fingerprint density at radius 1 is 1.06 bits per heavy atom. The Hall–Kier alpha value is -4.44. The molecule has 5 aromatic rings. The highest BCUT2D eigenvalue weighted by Crippen LogP contribution is 2.27. The van der Waals surface area contributed by atoms with Crippen LogP contribution in [0.15, 0.2) is 81.5 Å². The number of oxime groups is 1. The number of hydrogen-bond acceptors (Lipinski definition) is 8. The summed E-state index contributed by atoms with van der Waals surface area (Å²) in [5.41, 5.74) is 6.72. The van der Waals surface area contributed by atoms with Crippen molar-refractivity contribution >= 4 is 40.1 Å². The number of aryl methyl sites for hydroxylation is 1. The summed E-state index contributed by atoms with van der Waals surface area (Å²) in [5.74, 6) is 1.08. The number of aromatic amines is 1. The summed E-state index contributed by atoms with van der Waals surface area (Å²) >= 11 is 1.16. The van der Waals surface area contributed by atoms with Gasteiger partial charge in [0.15, 0.2) is 0 Å². The number of H-pyrrole nitrogens is 1. The zero-order valence-electron chi connectivity index (χ0n) is 19.5. The van der Waals surface area contributed by atoms with Crippen molar-refractivity contribution in [2.75, 3.05) is 11.1 Å². The first-order chi connectivity index (χ1) is 17.5. The smallest absolute Gasteiger partial charge is 0.277 e. The molecular formula is C26H22N6O3S. The van der Waals surface area contributed by atoms with Gasteiger partial charge in [-0.1, -0.05) is 47.2 Å². The van der Waals surface area contributed by atoms with Gasteiger partial charge < -0.3 is 19.9 Å². The van der Waals surface area contributed by atoms with Crippen molar-refractivity contribution in [2.45, 2.75) is 19.1 Å². The molecule has 0 bridgehead atoms. The molecule has 0 aliphatic carbocycles. The van der Waals surface area contributed by atoms with Gasteiger partial charge in [0.2, 0.25) is 11.8 Å². The van der Waals surface area contributed by atoms with E-state index in [9.17, 15) is 4.79 Å². The fourth-order valence-corrected chi connectivity index (χ4v) is 4.16. The Balaban J connectivity index is 1.19. The number of nitrogens with one attached hydrogen (secondary N) is 2. The van der Waals surface area contributed by atoms with Crippen molar-refractivity contribution < 1.29 is 14.4 Å². The van der Waals surface area contributed by atoms with Gasteiger partial charge in [-0.3, -0.25) is 4.79 Å². The number of amides is 1. The molecule has 36 heavy (non-hydrogen) atoms. The van der Waals surface area contributed by atoms with Crippen LogP contribution in [0.4, 0.5) is 5.69 Å². The van der Waals surface area contributed by atoms with E-state index in [1.54, 1.807) is 31.2 Å². The number of imidazole rings is 1. The van der Waals surface area contributed by atoms with Gasteiger partial charge in [0.1, 0.15) is 5.82 Å². The predicted octanol–water partition coefficient (Wildman–Crippen LogP) is 5.52. The molecule has 5 rings (SSSR count). The Kier molecular flexibility index (Phi) is 6.50. The van der Waals surface area contributed by atoms with Crippen molar-refractivity contribution in [1.29, 1.82) is 0 Å². The molecule has 2 aromatic heterocycles. The van der Waals surface area contributed by atoms with Crippen molar-refractivity contribution in [3.05, 3.63) is 77.9 Å². The van der Waals surface area contributed by atoms with E-state index in [1.807, 2.05) is 43.3 Å². The molecule has 0 spiro atoms. The first-order valence-corrected chi connectivity index (χ1v) is 12.1. The quantitative estimate of drug-likeness (QED) is 0.117. The van der Waals surface area contributed by atoms with E-state index in [1.165, 1.54) is 5.56 Å². The molecule has 2 heterocycles. The van der Waals surface area contributed by atoms with E-state index in [4.69, 9.17) is 9.62 Å². The Bertz CT molecular complexity index is 1560. The Morgan fingerprint density at radius 2 is 1.81 bits per heavy atom. The van der Waals surface area contributed by atoms with Gasteiger partial charge in [-0.25, -0.2) is 4.98 Å². The first-order valence-electron chi connectivity index (χ1n) is 11.1. The van der Waals surface area contributed by atoms with Crippen molar-refractivity contribution in [1.82, 2.24) is 20.2 Å². The second-order valence-corrected chi connectivity index (χ2v) is 9.08. The molecule has 180 valence electrons. The van der Waals surface area contributed by atoms with Crippen LogP contribution in [0.5, 0.6) is 0 Å². The summed E-state index contributed by atoms with van der Waals surface area (Å²) in [7, 11) is 0. The summed E-state index contributed by atoms with van der Waals surface area (Å²) in [6, 6.07) is 20.8. The largest absolute Gasteiger partial charge is 0.411 e. The number of aromatic nitrogens is 4. The van der Waals surface area contributed by atoms with Crippen LogP contribution in [-0.2, 0) is 4.79 Å². The zero-order chi connectivity index (χ0) is 25.1. The summed E-state index contributed by atoms with van der Waals surface area (Å²) in [6.45, 7) is 3.74. The maximum atomic E-state index is 12.3. The lowest BCUT2D eigenvalue weighted by Gasteiger charge is -2.05. The monoisotopic (exact) mass is 498 g/mol. The van der Waals surface area contributed by atoms with E-state index in [-0.39, 0.29) is 11.7 Å². The minimum absolute atomic E-state index is 0.116. The molecule has 1 amide bonds. The number of thioether (sulfide) groups is 1. The molecule has 0 aliphatic rings. The number of carbonyl (C=O) groups is 1. The molecular weight excluding hydrogens is 476 g/mol. The van der Waals surface area contributed by atoms with Crippen LogP contribution in [0.25, 0.3) is 33.9 Å². The number of benzene rings is 3. The maximum absolute atomic E-state index is 12.3. The Morgan fingerprint density at radius 3 is 2.56 bits per heavy atom.